The largest absolute Gasteiger partial charge is 0.416 e. The highest BCUT2D eigenvalue weighted by Crippen LogP contribution is 2.29. The second-order valence-electron chi connectivity index (χ2n) is 5.05. The first kappa shape index (κ1) is 13.9. The van der Waals surface area contributed by atoms with E-state index in [0.29, 0.717) is 13.0 Å². The SMILES string of the molecule is CC1(O)CCN(C(=O)c2ccc(C(F)(F)F)cc2)C1. The highest BCUT2D eigenvalue weighted by Gasteiger charge is 2.35. The van der Waals surface area contributed by atoms with Gasteiger partial charge < -0.3 is 10.0 Å². The quantitative estimate of drug-likeness (QED) is 0.853. The average Bonchev–Trinajstić information content (AvgIpc) is 2.68. The number of hydrogen-bond acceptors (Lipinski definition) is 2. The van der Waals surface area contributed by atoms with Gasteiger partial charge in [-0.25, -0.2) is 0 Å². The van der Waals surface area contributed by atoms with E-state index in [1.165, 1.54) is 4.90 Å². The van der Waals surface area contributed by atoms with E-state index < -0.39 is 17.3 Å². The Bertz CT molecular complexity index is 480. The van der Waals surface area contributed by atoms with Gasteiger partial charge in [0.25, 0.3) is 5.91 Å². The van der Waals surface area contributed by atoms with E-state index in [1.54, 1.807) is 6.92 Å². The van der Waals surface area contributed by atoms with Crippen LogP contribution in [0.25, 0.3) is 0 Å². The molecule has 1 saturated heterocycles. The van der Waals surface area contributed by atoms with Gasteiger partial charge in [-0.1, -0.05) is 0 Å². The van der Waals surface area contributed by atoms with Crippen LogP contribution in [-0.2, 0) is 6.18 Å². The lowest BCUT2D eigenvalue weighted by Crippen LogP contribution is -2.33. The van der Waals surface area contributed by atoms with E-state index in [4.69, 9.17) is 0 Å². The van der Waals surface area contributed by atoms with Crippen molar-refractivity contribution < 1.29 is 23.1 Å². The van der Waals surface area contributed by atoms with Gasteiger partial charge >= 0.3 is 6.18 Å². The van der Waals surface area contributed by atoms with Crippen molar-refractivity contribution in [3.05, 3.63) is 35.4 Å². The van der Waals surface area contributed by atoms with Crippen molar-refractivity contribution in [1.29, 1.82) is 0 Å². The molecule has 1 aliphatic rings. The molecule has 0 saturated carbocycles. The number of β-amino-alcohol motifs (C(OH)–C–C–N with tert-alkyl or cyclic N) is 1. The Labute approximate surface area is 108 Å². The molecule has 104 valence electrons. The summed E-state index contributed by atoms with van der Waals surface area (Å²) < 4.78 is 37.2. The van der Waals surface area contributed by atoms with Crippen molar-refractivity contribution in [1.82, 2.24) is 4.90 Å². The normalized spacial score (nSPS) is 23.7. The van der Waals surface area contributed by atoms with Crippen molar-refractivity contribution in [3.8, 4) is 0 Å². The van der Waals surface area contributed by atoms with Gasteiger partial charge in [0.05, 0.1) is 11.2 Å². The van der Waals surface area contributed by atoms with E-state index in [-0.39, 0.29) is 18.0 Å². The van der Waals surface area contributed by atoms with Crippen molar-refractivity contribution in [2.75, 3.05) is 13.1 Å². The van der Waals surface area contributed by atoms with Gasteiger partial charge in [-0.2, -0.15) is 13.2 Å². The average molecular weight is 273 g/mol. The summed E-state index contributed by atoms with van der Waals surface area (Å²) in [6, 6.07) is 4.11. The van der Waals surface area contributed by atoms with Crippen LogP contribution >= 0.6 is 0 Å². The fourth-order valence-corrected chi connectivity index (χ4v) is 2.10. The molecule has 0 aliphatic carbocycles. The van der Waals surface area contributed by atoms with E-state index in [0.717, 1.165) is 24.3 Å². The van der Waals surface area contributed by atoms with Gasteiger partial charge in [0, 0.05) is 18.7 Å². The first-order chi connectivity index (χ1) is 8.69. The molecule has 1 N–H and O–H groups in total. The van der Waals surface area contributed by atoms with Crippen LogP contribution in [0, 0.1) is 0 Å². The van der Waals surface area contributed by atoms with Crippen LogP contribution in [0.5, 0.6) is 0 Å². The monoisotopic (exact) mass is 273 g/mol. The summed E-state index contributed by atoms with van der Waals surface area (Å²) in [6.07, 6.45) is -3.93. The first-order valence-corrected chi connectivity index (χ1v) is 5.88. The summed E-state index contributed by atoms with van der Waals surface area (Å²) in [6.45, 7) is 2.24. The van der Waals surface area contributed by atoms with Gasteiger partial charge in [-0.05, 0) is 37.6 Å². The molecule has 1 aromatic carbocycles. The number of nitrogens with zero attached hydrogens (tertiary/aromatic N) is 1. The number of hydrogen-bond donors (Lipinski definition) is 1. The van der Waals surface area contributed by atoms with Crippen LogP contribution in [0.15, 0.2) is 24.3 Å². The minimum atomic E-state index is -4.40. The predicted molar refractivity (Wildman–Crippen MR) is 62.6 cm³/mol. The molecule has 0 spiro atoms. The lowest BCUT2D eigenvalue weighted by molar-refractivity contribution is -0.137. The molecule has 1 amide bonds. The van der Waals surface area contributed by atoms with E-state index >= 15 is 0 Å². The van der Waals surface area contributed by atoms with Crippen molar-refractivity contribution >= 4 is 5.91 Å². The molecule has 1 unspecified atom stereocenters. The Morgan fingerprint density at radius 3 is 2.32 bits per heavy atom. The standard InChI is InChI=1S/C13H14F3NO2/c1-12(19)6-7-17(8-12)11(18)9-2-4-10(5-3-9)13(14,15)16/h2-5,19H,6-8H2,1H3. The number of aliphatic hydroxyl groups is 1. The minimum absolute atomic E-state index is 0.200. The molecule has 1 atom stereocenters. The van der Waals surface area contributed by atoms with Crippen LogP contribution in [0.2, 0.25) is 0 Å². The van der Waals surface area contributed by atoms with Gasteiger partial charge in [0.1, 0.15) is 0 Å². The van der Waals surface area contributed by atoms with Crippen LogP contribution in [0.4, 0.5) is 13.2 Å². The number of likely N-dealkylation sites (tertiary alicyclic amines) is 1. The zero-order chi connectivity index (χ0) is 14.3. The number of halogens is 3. The third-order valence-electron chi connectivity index (χ3n) is 3.20. The van der Waals surface area contributed by atoms with E-state index in [9.17, 15) is 23.1 Å². The number of carbonyl (C=O) groups excluding carboxylic acids is 1. The van der Waals surface area contributed by atoms with Crippen LogP contribution < -0.4 is 0 Å². The zero-order valence-electron chi connectivity index (χ0n) is 10.4. The van der Waals surface area contributed by atoms with Gasteiger partial charge in [0.2, 0.25) is 0 Å². The number of carbonyl (C=O) groups is 1. The summed E-state index contributed by atoms with van der Waals surface area (Å²) in [5.41, 5.74) is -1.50. The maximum Gasteiger partial charge on any atom is 0.416 e. The fraction of sp³-hybridized carbons (Fsp3) is 0.462. The number of amides is 1. The van der Waals surface area contributed by atoms with Gasteiger partial charge in [-0.15, -0.1) is 0 Å². The van der Waals surface area contributed by atoms with Crippen LogP contribution in [-0.4, -0.2) is 34.6 Å². The molecule has 0 radical (unpaired) electrons. The molecule has 6 heteroatoms. The van der Waals surface area contributed by atoms with Crippen LogP contribution in [0.1, 0.15) is 29.3 Å². The second-order valence-corrected chi connectivity index (χ2v) is 5.05. The zero-order valence-corrected chi connectivity index (χ0v) is 10.4. The fourth-order valence-electron chi connectivity index (χ4n) is 2.10. The van der Waals surface area contributed by atoms with Crippen molar-refractivity contribution in [2.45, 2.75) is 25.1 Å². The van der Waals surface area contributed by atoms with Gasteiger partial charge in [0.15, 0.2) is 0 Å². The number of rotatable bonds is 1. The molecule has 1 heterocycles. The number of benzene rings is 1. The maximum absolute atomic E-state index is 12.4. The molecule has 1 fully saturated rings. The van der Waals surface area contributed by atoms with E-state index in [2.05, 4.69) is 0 Å². The lowest BCUT2D eigenvalue weighted by Gasteiger charge is -2.19. The summed E-state index contributed by atoms with van der Waals surface area (Å²) in [4.78, 5) is 13.5. The highest BCUT2D eigenvalue weighted by atomic mass is 19.4. The van der Waals surface area contributed by atoms with Gasteiger partial charge in [-0.3, -0.25) is 4.79 Å². The molecule has 19 heavy (non-hydrogen) atoms. The Balaban J connectivity index is 2.13. The Morgan fingerprint density at radius 1 is 1.32 bits per heavy atom. The van der Waals surface area contributed by atoms with Crippen molar-refractivity contribution in [3.63, 3.8) is 0 Å². The Kier molecular flexibility index (Phi) is 3.30. The summed E-state index contributed by atoms with van der Waals surface area (Å²) in [7, 11) is 0. The summed E-state index contributed by atoms with van der Waals surface area (Å²) >= 11 is 0. The van der Waals surface area contributed by atoms with E-state index in [1.807, 2.05) is 0 Å². The molecule has 0 aromatic heterocycles. The lowest BCUT2D eigenvalue weighted by atomic mass is 10.1. The third-order valence-corrected chi connectivity index (χ3v) is 3.20. The molecule has 3 nitrogen and oxygen atoms in total. The highest BCUT2D eigenvalue weighted by molar-refractivity contribution is 5.94. The minimum Gasteiger partial charge on any atom is -0.388 e. The second kappa shape index (κ2) is 4.52. The molecular formula is C13H14F3NO2. The molecule has 2 rings (SSSR count). The molecule has 1 aromatic rings. The first-order valence-electron chi connectivity index (χ1n) is 5.88. The molecular weight excluding hydrogens is 259 g/mol. The topological polar surface area (TPSA) is 40.5 Å². The predicted octanol–water partition coefficient (Wildman–Crippen LogP) is 2.30. The van der Waals surface area contributed by atoms with Crippen LogP contribution in [0.3, 0.4) is 0 Å². The Hall–Kier alpha value is -1.56. The number of alkyl halides is 3. The maximum atomic E-state index is 12.4. The van der Waals surface area contributed by atoms with Crippen molar-refractivity contribution in [2.24, 2.45) is 0 Å². The Morgan fingerprint density at radius 2 is 1.89 bits per heavy atom. The molecule has 0 bridgehead atoms. The third kappa shape index (κ3) is 3.07. The summed E-state index contributed by atoms with van der Waals surface area (Å²) in [5.74, 6) is -0.355. The smallest absolute Gasteiger partial charge is 0.388 e. The molecule has 1 aliphatic heterocycles. The summed E-state index contributed by atoms with van der Waals surface area (Å²) in [5, 5.41) is 9.77.